The van der Waals surface area contributed by atoms with Gasteiger partial charge in [-0.05, 0) is 18.1 Å². The van der Waals surface area contributed by atoms with Crippen LogP contribution in [0.15, 0.2) is 35.1 Å². The van der Waals surface area contributed by atoms with Crippen LogP contribution in [-0.2, 0) is 0 Å². The minimum atomic E-state index is -0.250. The van der Waals surface area contributed by atoms with E-state index in [1.165, 1.54) is 0 Å². The number of fused-ring (bicyclic) bond motifs is 1. The van der Waals surface area contributed by atoms with E-state index in [4.69, 9.17) is 10.3 Å². The summed E-state index contributed by atoms with van der Waals surface area (Å²) in [6.07, 6.45) is 3.64. The zero-order valence-electron chi connectivity index (χ0n) is 10.8. The van der Waals surface area contributed by atoms with Crippen LogP contribution < -0.4 is 5.73 Å². The summed E-state index contributed by atoms with van der Waals surface area (Å²) in [5.74, 6) is 1.20. The van der Waals surface area contributed by atoms with Crippen molar-refractivity contribution in [2.45, 2.75) is 19.9 Å². The van der Waals surface area contributed by atoms with Gasteiger partial charge in [-0.2, -0.15) is 4.98 Å². The van der Waals surface area contributed by atoms with E-state index in [1.54, 1.807) is 6.20 Å². The highest BCUT2D eigenvalue weighted by molar-refractivity contribution is 5.56. The number of hydrogen-bond donors (Lipinski definition) is 1. The van der Waals surface area contributed by atoms with Gasteiger partial charge >= 0.3 is 0 Å². The molecule has 3 rings (SSSR count). The first kappa shape index (κ1) is 11.9. The summed E-state index contributed by atoms with van der Waals surface area (Å²) >= 11 is 0. The van der Waals surface area contributed by atoms with Crippen molar-refractivity contribution >= 4 is 5.65 Å². The molecular formula is C13H15N5O. The standard InChI is InChI=1S/C13H15N5O/c1-8(2)11(14)13-16-12(17-19-13)9-7-15-10-5-3-4-6-18(9)10/h3-8,11H,14H2,1-2H3/t11-/m0/s1. The Bertz CT molecular complexity index is 700. The van der Waals surface area contributed by atoms with Gasteiger partial charge < -0.3 is 10.3 Å². The highest BCUT2D eigenvalue weighted by Gasteiger charge is 2.20. The summed E-state index contributed by atoms with van der Waals surface area (Å²) in [7, 11) is 0. The highest BCUT2D eigenvalue weighted by Crippen LogP contribution is 2.22. The molecule has 3 heterocycles. The van der Waals surface area contributed by atoms with Crippen LogP contribution in [0.3, 0.4) is 0 Å². The largest absolute Gasteiger partial charge is 0.337 e. The molecule has 2 N–H and O–H groups in total. The van der Waals surface area contributed by atoms with Gasteiger partial charge in [0.25, 0.3) is 0 Å². The van der Waals surface area contributed by atoms with E-state index in [0.29, 0.717) is 11.7 Å². The molecule has 0 saturated heterocycles. The van der Waals surface area contributed by atoms with Gasteiger partial charge in [0, 0.05) is 6.20 Å². The van der Waals surface area contributed by atoms with Crippen molar-refractivity contribution < 1.29 is 4.52 Å². The molecule has 0 aliphatic heterocycles. The monoisotopic (exact) mass is 257 g/mol. The van der Waals surface area contributed by atoms with Crippen molar-refractivity contribution in [1.29, 1.82) is 0 Å². The lowest BCUT2D eigenvalue weighted by atomic mass is 10.1. The van der Waals surface area contributed by atoms with Crippen LogP contribution in [0.25, 0.3) is 17.2 Å². The Morgan fingerprint density at radius 1 is 1.32 bits per heavy atom. The first-order valence-electron chi connectivity index (χ1n) is 6.18. The Labute approximate surface area is 110 Å². The lowest BCUT2D eigenvalue weighted by molar-refractivity contribution is 0.325. The molecule has 0 saturated carbocycles. The minimum Gasteiger partial charge on any atom is -0.337 e. The zero-order valence-corrected chi connectivity index (χ0v) is 10.8. The highest BCUT2D eigenvalue weighted by atomic mass is 16.5. The molecule has 0 spiro atoms. The van der Waals surface area contributed by atoms with Crippen molar-refractivity contribution in [3.63, 3.8) is 0 Å². The average molecular weight is 257 g/mol. The molecule has 0 aliphatic rings. The van der Waals surface area contributed by atoms with Crippen LogP contribution in [-0.4, -0.2) is 19.5 Å². The van der Waals surface area contributed by atoms with Crippen molar-refractivity contribution in [1.82, 2.24) is 19.5 Å². The van der Waals surface area contributed by atoms with E-state index in [0.717, 1.165) is 11.3 Å². The van der Waals surface area contributed by atoms with E-state index in [2.05, 4.69) is 15.1 Å². The third-order valence-corrected chi connectivity index (χ3v) is 3.09. The van der Waals surface area contributed by atoms with E-state index in [1.807, 2.05) is 42.6 Å². The van der Waals surface area contributed by atoms with Gasteiger partial charge in [0.1, 0.15) is 11.3 Å². The van der Waals surface area contributed by atoms with Crippen molar-refractivity contribution in [3.8, 4) is 11.5 Å². The fraction of sp³-hybridized carbons (Fsp3) is 0.308. The van der Waals surface area contributed by atoms with Crippen LogP contribution in [0.4, 0.5) is 0 Å². The van der Waals surface area contributed by atoms with Gasteiger partial charge in [-0.3, -0.25) is 4.40 Å². The molecule has 0 aliphatic carbocycles. The van der Waals surface area contributed by atoms with Gasteiger partial charge in [-0.15, -0.1) is 0 Å². The van der Waals surface area contributed by atoms with Crippen molar-refractivity contribution in [3.05, 3.63) is 36.5 Å². The van der Waals surface area contributed by atoms with Crippen LogP contribution in [0.1, 0.15) is 25.8 Å². The molecule has 0 radical (unpaired) electrons. The summed E-state index contributed by atoms with van der Waals surface area (Å²) in [6.45, 7) is 4.03. The Hall–Kier alpha value is -2.21. The molecular weight excluding hydrogens is 242 g/mol. The number of nitrogens with zero attached hydrogens (tertiary/aromatic N) is 4. The van der Waals surface area contributed by atoms with Gasteiger partial charge in [-0.1, -0.05) is 25.1 Å². The normalized spacial score (nSPS) is 13.3. The summed E-state index contributed by atoms with van der Waals surface area (Å²) in [5, 5.41) is 3.99. The smallest absolute Gasteiger partial charge is 0.244 e. The second-order valence-corrected chi connectivity index (χ2v) is 4.80. The molecule has 1 atom stereocenters. The average Bonchev–Trinajstić information content (AvgIpc) is 3.03. The number of aromatic nitrogens is 4. The van der Waals surface area contributed by atoms with Crippen LogP contribution >= 0.6 is 0 Å². The SMILES string of the molecule is CC(C)[C@H](N)c1nc(-c2cnc3ccccn23)no1. The number of nitrogens with two attached hydrogens (primary N) is 1. The Kier molecular flexibility index (Phi) is 2.79. The van der Waals surface area contributed by atoms with Gasteiger partial charge in [0.15, 0.2) is 0 Å². The maximum Gasteiger partial charge on any atom is 0.244 e. The van der Waals surface area contributed by atoms with Crippen LogP contribution in [0.5, 0.6) is 0 Å². The molecule has 0 unspecified atom stereocenters. The molecule has 98 valence electrons. The van der Waals surface area contributed by atoms with Crippen molar-refractivity contribution in [2.75, 3.05) is 0 Å². The lowest BCUT2D eigenvalue weighted by Gasteiger charge is -2.09. The molecule has 6 heteroatoms. The number of imidazole rings is 1. The molecule has 0 aromatic carbocycles. The van der Waals surface area contributed by atoms with Crippen LogP contribution in [0, 0.1) is 5.92 Å². The molecule has 0 bridgehead atoms. The second-order valence-electron chi connectivity index (χ2n) is 4.80. The third kappa shape index (κ3) is 2.00. The quantitative estimate of drug-likeness (QED) is 0.776. The third-order valence-electron chi connectivity index (χ3n) is 3.09. The van der Waals surface area contributed by atoms with Gasteiger partial charge in [0.05, 0.1) is 12.2 Å². The Balaban J connectivity index is 2.03. The van der Waals surface area contributed by atoms with Crippen molar-refractivity contribution in [2.24, 2.45) is 11.7 Å². The predicted molar refractivity (Wildman–Crippen MR) is 70.3 cm³/mol. The summed E-state index contributed by atoms with van der Waals surface area (Å²) < 4.78 is 7.15. The van der Waals surface area contributed by atoms with E-state index < -0.39 is 0 Å². The molecule has 0 fully saturated rings. The fourth-order valence-electron chi connectivity index (χ4n) is 1.86. The predicted octanol–water partition coefficient (Wildman–Crippen LogP) is 2.04. The van der Waals surface area contributed by atoms with Gasteiger partial charge in [-0.25, -0.2) is 4.98 Å². The zero-order chi connectivity index (χ0) is 13.4. The molecule has 0 amide bonds. The Morgan fingerprint density at radius 2 is 2.16 bits per heavy atom. The van der Waals surface area contributed by atoms with Gasteiger partial charge in [0.2, 0.25) is 11.7 Å². The van der Waals surface area contributed by atoms with E-state index in [9.17, 15) is 0 Å². The maximum absolute atomic E-state index is 6.00. The summed E-state index contributed by atoms with van der Waals surface area (Å²) in [5.41, 5.74) is 7.64. The first-order valence-corrected chi connectivity index (χ1v) is 6.18. The fourth-order valence-corrected chi connectivity index (χ4v) is 1.86. The minimum absolute atomic E-state index is 0.246. The second kappa shape index (κ2) is 4.47. The topological polar surface area (TPSA) is 82.2 Å². The summed E-state index contributed by atoms with van der Waals surface area (Å²) in [4.78, 5) is 8.65. The van der Waals surface area contributed by atoms with E-state index >= 15 is 0 Å². The lowest BCUT2D eigenvalue weighted by Crippen LogP contribution is -2.16. The number of rotatable bonds is 3. The molecule has 6 nitrogen and oxygen atoms in total. The Morgan fingerprint density at radius 3 is 2.95 bits per heavy atom. The molecule has 3 aromatic rings. The van der Waals surface area contributed by atoms with E-state index in [-0.39, 0.29) is 12.0 Å². The number of pyridine rings is 1. The van der Waals surface area contributed by atoms with Crippen LogP contribution in [0.2, 0.25) is 0 Å². The number of hydrogen-bond acceptors (Lipinski definition) is 5. The first-order chi connectivity index (χ1) is 9.16. The molecule has 3 aromatic heterocycles. The maximum atomic E-state index is 6.00. The molecule has 19 heavy (non-hydrogen) atoms. The summed E-state index contributed by atoms with van der Waals surface area (Å²) in [6, 6.07) is 5.53.